The Morgan fingerprint density at radius 3 is 2.58 bits per heavy atom. The number of rotatable bonds is 7. The summed E-state index contributed by atoms with van der Waals surface area (Å²) in [5.74, 6) is 0. The van der Waals surface area contributed by atoms with Crippen LogP contribution >= 0.6 is 11.8 Å². The molecule has 0 radical (unpaired) electrons. The van der Waals surface area contributed by atoms with Crippen LogP contribution in [0.1, 0.15) is 26.7 Å². The molecule has 0 aromatic rings. The summed E-state index contributed by atoms with van der Waals surface area (Å²) >= 11 is 1.72. The molecule has 0 saturated carbocycles. The molecule has 0 amide bonds. The zero-order valence-corrected chi connectivity index (χ0v) is 9.16. The Balaban J connectivity index is 3.47. The van der Waals surface area contributed by atoms with Crippen molar-refractivity contribution in [1.82, 2.24) is 5.32 Å². The monoisotopic (exact) mass is 191 g/mol. The van der Waals surface area contributed by atoms with Crippen LogP contribution in [-0.2, 0) is 0 Å². The van der Waals surface area contributed by atoms with Gasteiger partial charge in [0.15, 0.2) is 0 Å². The van der Waals surface area contributed by atoms with E-state index >= 15 is 0 Å². The summed E-state index contributed by atoms with van der Waals surface area (Å²) < 4.78 is 0. The van der Waals surface area contributed by atoms with E-state index < -0.39 is 0 Å². The van der Waals surface area contributed by atoms with Gasteiger partial charge in [-0.3, -0.25) is 0 Å². The Labute approximate surface area is 80.1 Å². The predicted octanol–water partition coefficient (Wildman–Crippen LogP) is 1.49. The van der Waals surface area contributed by atoms with E-state index in [0.29, 0.717) is 11.3 Å². The maximum Gasteiger partial charge on any atom is 0.0564 e. The number of unbranched alkanes of at least 4 members (excludes halogenated alkanes) is 1. The lowest BCUT2D eigenvalue weighted by Gasteiger charge is -2.21. The van der Waals surface area contributed by atoms with Gasteiger partial charge in [0.05, 0.1) is 6.61 Å². The number of aliphatic hydroxyl groups excluding tert-OH is 1. The summed E-state index contributed by atoms with van der Waals surface area (Å²) in [6.07, 6.45) is 4.48. The van der Waals surface area contributed by atoms with Crippen LogP contribution < -0.4 is 5.32 Å². The normalized spacial score (nSPS) is 16.0. The molecule has 0 fully saturated rings. The first-order valence-electron chi connectivity index (χ1n) is 4.63. The second kappa shape index (κ2) is 7.90. The van der Waals surface area contributed by atoms with Crippen molar-refractivity contribution in [3.63, 3.8) is 0 Å². The van der Waals surface area contributed by atoms with Crippen molar-refractivity contribution in [1.29, 1.82) is 0 Å². The van der Waals surface area contributed by atoms with Crippen LogP contribution in [0.2, 0.25) is 0 Å². The highest BCUT2D eigenvalue weighted by molar-refractivity contribution is 7.99. The molecule has 74 valence electrons. The fourth-order valence-electron chi connectivity index (χ4n) is 1.07. The maximum absolute atomic E-state index is 8.99. The molecule has 0 bridgehead atoms. The Morgan fingerprint density at radius 2 is 2.17 bits per heavy atom. The lowest BCUT2D eigenvalue weighted by molar-refractivity contribution is 0.276. The molecule has 3 heteroatoms. The smallest absolute Gasteiger partial charge is 0.0564 e. The standard InChI is InChI=1S/C9H21NOS/c1-4-5-6-10-8(2)9(7-11)12-3/h8-11H,4-7H2,1-3H3. The molecule has 12 heavy (non-hydrogen) atoms. The average molecular weight is 191 g/mol. The molecule has 0 aliphatic rings. The fourth-order valence-corrected chi connectivity index (χ4v) is 1.73. The SMILES string of the molecule is CCCCNC(C)C(CO)SC. The Hall–Kier alpha value is 0.270. The lowest BCUT2D eigenvalue weighted by atomic mass is 10.2. The third-order valence-corrected chi connectivity index (χ3v) is 3.20. The van der Waals surface area contributed by atoms with Crippen LogP contribution in [0.4, 0.5) is 0 Å². The largest absolute Gasteiger partial charge is 0.395 e. The number of aliphatic hydroxyl groups is 1. The first-order valence-corrected chi connectivity index (χ1v) is 5.92. The molecule has 0 aliphatic heterocycles. The maximum atomic E-state index is 8.99. The third-order valence-electron chi connectivity index (χ3n) is 2.04. The van der Waals surface area contributed by atoms with Crippen molar-refractivity contribution in [3.05, 3.63) is 0 Å². The van der Waals surface area contributed by atoms with Gasteiger partial charge < -0.3 is 10.4 Å². The number of hydrogen-bond donors (Lipinski definition) is 2. The zero-order valence-electron chi connectivity index (χ0n) is 8.34. The minimum Gasteiger partial charge on any atom is -0.395 e. The second-order valence-corrected chi connectivity index (χ2v) is 4.13. The number of nitrogens with one attached hydrogen (secondary N) is 1. The molecule has 2 atom stereocenters. The van der Waals surface area contributed by atoms with Gasteiger partial charge >= 0.3 is 0 Å². The lowest BCUT2D eigenvalue weighted by Crippen LogP contribution is -2.37. The van der Waals surface area contributed by atoms with Crippen molar-refractivity contribution in [2.24, 2.45) is 0 Å². The molecular weight excluding hydrogens is 170 g/mol. The summed E-state index contributed by atoms with van der Waals surface area (Å²) in [6.45, 7) is 5.65. The predicted molar refractivity (Wildman–Crippen MR) is 56.8 cm³/mol. The molecule has 0 aliphatic carbocycles. The van der Waals surface area contributed by atoms with E-state index in [4.69, 9.17) is 5.11 Å². The Morgan fingerprint density at radius 1 is 1.50 bits per heavy atom. The fraction of sp³-hybridized carbons (Fsp3) is 1.00. The van der Waals surface area contributed by atoms with E-state index in [1.165, 1.54) is 12.8 Å². The van der Waals surface area contributed by atoms with Crippen molar-refractivity contribution >= 4 is 11.8 Å². The van der Waals surface area contributed by atoms with Gasteiger partial charge in [0.25, 0.3) is 0 Å². The second-order valence-electron chi connectivity index (χ2n) is 3.05. The summed E-state index contributed by atoms with van der Waals surface area (Å²) in [6, 6.07) is 0.413. The van der Waals surface area contributed by atoms with Gasteiger partial charge in [-0.15, -0.1) is 0 Å². The summed E-state index contributed by atoms with van der Waals surface area (Å²) in [7, 11) is 0. The average Bonchev–Trinajstić information content (AvgIpc) is 2.07. The van der Waals surface area contributed by atoms with E-state index in [2.05, 4.69) is 19.2 Å². The van der Waals surface area contributed by atoms with Crippen LogP contribution in [0.5, 0.6) is 0 Å². The van der Waals surface area contributed by atoms with Crippen molar-refractivity contribution in [2.75, 3.05) is 19.4 Å². The first kappa shape index (κ1) is 12.3. The van der Waals surface area contributed by atoms with Crippen molar-refractivity contribution in [3.8, 4) is 0 Å². The molecule has 0 spiro atoms. The first-order chi connectivity index (χ1) is 5.76. The van der Waals surface area contributed by atoms with Crippen LogP contribution in [0, 0.1) is 0 Å². The van der Waals surface area contributed by atoms with E-state index in [1.807, 2.05) is 6.26 Å². The summed E-state index contributed by atoms with van der Waals surface area (Å²) in [4.78, 5) is 0. The molecule has 0 saturated heterocycles. The summed E-state index contributed by atoms with van der Waals surface area (Å²) in [5, 5.41) is 12.7. The van der Waals surface area contributed by atoms with Gasteiger partial charge in [0.1, 0.15) is 0 Å². The zero-order chi connectivity index (χ0) is 9.40. The van der Waals surface area contributed by atoms with Crippen molar-refractivity contribution < 1.29 is 5.11 Å². The third kappa shape index (κ3) is 5.01. The topological polar surface area (TPSA) is 32.3 Å². The van der Waals surface area contributed by atoms with E-state index in [-0.39, 0.29) is 6.61 Å². The number of hydrogen-bond acceptors (Lipinski definition) is 3. The van der Waals surface area contributed by atoms with Crippen molar-refractivity contribution in [2.45, 2.75) is 38.0 Å². The van der Waals surface area contributed by atoms with Gasteiger partial charge in [0.2, 0.25) is 0 Å². The summed E-state index contributed by atoms with van der Waals surface area (Å²) in [5.41, 5.74) is 0. The molecule has 2 N–H and O–H groups in total. The van der Waals surface area contributed by atoms with E-state index in [9.17, 15) is 0 Å². The Kier molecular flexibility index (Phi) is 8.07. The van der Waals surface area contributed by atoms with Gasteiger partial charge in [-0.25, -0.2) is 0 Å². The molecule has 0 heterocycles. The quantitative estimate of drug-likeness (QED) is 0.598. The highest BCUT2D eigenvalue weighted by Gasteiger charge is 2.13. The minimum absolute atomic E-state index is 0.265. The molecular formula is C9H21NOS. The minimum atomic E-state index is 0.265. The van der Waals surface area contributed by atoms with E-state index in [0.717, 1.165) is 6.54 Å². The highest BCUT2D eigenvalue weighted by Crippen LogP contribution is 2.09. The Bertz CT molecular complexity index is 96.5. The van der Waals surface area contributed by atoms with Gasteiger partial charge in [-0.1, -0.05) is 13.3 Å². The van der Waals surface area contributed by atoms with Crippen LogP contribution in [0.25, 0.3) is 0 Å². The van der Waals surface area contributed by atoms with Gasteiger partial charge in [-0.05, 0) is 26.1 Å². The molecule has 2 unspecified atom stereocenters. The van der Waals surface area contributed by atoms with Crippen LogP contribution in [-0.4, -0.2) is 35.8 Å². The van der Waals surface area contributed by atoms with Crippen LogP contribution in [0.3, 0.4) is 0 Å². The molecule has 2 nitrogen and oxygen atoms in total. The molecule has 0 aromatic heterocycles. The van der Waals surface area contributed by atoms with E-state index in [1.54, 1.807) is 11.8 Å². The van der Waals surface area contributed by atoms with Crippen LogP contribution in [0.15, 0.2) is 0 Å². The highest BCUT2D eigenvalue weighted by atomic mass is 32.2. The number of thioether (sulfide) groups is 1. The molecule has 0 aromatic carbocycles. The van der Waals surface area contributed by atoms with Gasteiger partial charge in [-0.2, -0.15) is 11.8 Å². The molecule has 0 rings (SSSR count). The van der Waals surface area contributed by atoms with Gasteiger partial charge in [0, 0.05) is 11.3 Å².